The van der Waals surface area contributed by atoms with Crippen molar-refractivity contribution in [2.75, 3.05) is 0 Å². The molecule has 0 saturated heterocycles. The van der Waals surface area contributed by atoms with Gasteiger partial charge in [-0.2, -0.15) is 0 Å². The summed E-state index contributed by atoms with van der Waals surface area (Å²) in [7, 11) is 0. The molecule has 49 heavy (non-hydrogen) atoms. The second kappa shape index (κ2) is 18.6. The van der Waals surface area contributed by atoms with Gasteiger partial charge in [0.25, 0.3) is 0 Å². The number of rotatable bonds is 7. The van der Waals surface area contributed by atoms with Gasteiger partial charge in [-0.3, -0.25) is 0 Å². The maximum atomic E-state index is 3.98. The second-order valence-electron chi connectivity index (χ2n) is 17.2. The molecule has 4 rings (SSSR count). The van der Waals surface area contributed by atoms with Gasteiger partial charge in [-0.1, -0.05) is 198 Å². The summed E-state index contributed by atoms with van der Waals surface area (Å²) in [6.45, 7) is 37.6. The fraction of sp³-hybridized carbons (Fsp3) is 0.469. The van der Waals surface area contributed by atoms with Crippen molar-refractivity contribution < 1.29 is 0 Å². The highest BCUT2D eigenvalue weighted by Gasteiger charge is 2.30. The predicted octanol–water partition coefficient (Wildman–Crippen LogP) is 14.7. The average molecular weight is 661 g/mol. The second-order valence-corrected chi connectivity index (χ2v) is 17.2. The van der Waals surface area contributed by atoms with E-state index in [1.807, 2.05) is 0 Å². The van der Waals surface area contributed by atoms with E-state index in [0.717, 1.165) is 24.3 Å². The van der Waals surface area contributed by atoms with Crippen LogP contribution in [0.2, 0.25) is 0 Å². The molecule has 1 atom stereocenters. The third kappa shape index (κ3) is 13.8. The van der Waals surface area contributed by atoms with Crippen LogP contribution in [0.15, 0.2) is 97.6 Å². The molecule has 0 aliphatic rings. The van der Waals surface area contributed by atoms with Crippen LogP contribution in [-0.4, -0.2) is 0 Å². The zero-order chi connectivity index (χ0) is 36.4. The summed E-state index contributed by atoms with van der Waals surface area (Å²) >= 11 is 0. The van der Waals surface area contributed by atoms with E-state index in [0.29, 0.717) is 11.3 Å². The minimum atomic E-state index is -0.0471. The zero-order valence-electron chi connectivity index (χ0n) is 33.4. The first-order valence-electron chi connectivity index (χ1n) is 18.1. The number of hydrogen-bond donors (Lipinski definition) is 0. The summed E-state index contributed by atoms with van der Waals surface area (Å²) in [5.41, 5.74) is 14.1. The highest BCUT2D eigenvalue weighted by molar-refractivity contribution is 5.63. The molecule has 0 heterocycles. The molecule has 0 amide bonds. The van der Waals surface area contributed by atoms with Crippen LogP contribution in [0.1, 0.15) is 141 Å². The Morgan fingerprint density at radius 3 is 1.57 bits per heavy atom. The molecule has 0 heteroatoms. The molecule has 0 N–H and O–H groups in total. The van der Waals surface area contributed by atoms with Crippen molar-refractivity contribution in [3.8, 4) is 0 Å². The topological polar surface area (TPSA) is 0 Å². The largest absolute Gasteiger partial charge is 0.0955 e. The molecule has 0 saturated carbocycles. The predicted molar refractivity (Wildman–Crippen MR) is 223 cm³/mol. The minimum absolute atomic E-state index is 0. The summed E-state index contributed by atoms with van der Waals surface area (Å²) in [6, 6.07) is 33.8. The Bertz CT molecular complexity index is 1550. The van der Waals surface area contributed by atoms with Crippen LogP contribution in [-0.2, 0) is 23.7 Å². The van der Waals surface area contributed by atoms with Crippen molar-refractivity contribution in [3.63, 3.8) is 0 Å². The highest BCUT2D eigenvalue weighted by atomic mass is 14.3. The Balaban J connectivity index is 0.000000456. The average Bonchev–Trinajstić information content (AvgIpc) is 2.97. The van der Waals surface area contributed by atoms with Crippen molar-refractivity contribution in [2.24, 2.45) is 17.3 Å². The summed E-state index contributed by atoms with van der Waals surface area (Å²) < 4.78 is 0. The van der Waals surface area contributed by atoms with Crippen molar-refractivity contribution in [1.29, 1.82) is 0 Å². The molecule has 0 nitrogen and oxygen atoms in total. The third-order valence-electron chi connectivity index (χ3n) is 9.76. The van der Waals surface area contributed by atoms with Crippen LogP contribution in [0.3, 0.4) is 0 Å². The Morgan fingerprint density at radius 2 is 1.14 bits per heavy atom. The van der Waals surface area contributed by atoms with Crippen molar-refractivity contribution in [1.82, 2.24) is 0 Å². The third-order valence-corrected chi connectivity index (χ3v) is 9.76. The lowest BCUT2D eigenvalue weighted by atomic mass is 9.71. The van der Waals surface area contributed by atoms with Gasteiger partial charge in [-0.15, -0.1) is 0 Å². The van der Waals surface area contributed by atoms with Gasteiger partial charge in [-0.25, -0.2) is 0 Å². The molecule has 0 spiro atoms. The first-order chi connectivity index (χ1) is 22.1. The van der Waals surface area contributed by atoms with Crippen LogP contribution < -0.4 is 0 Å². The van der Waals surface area contributed by atoms with E-state index in [9.17, 15) is 0 Å². The van der Waals surface area contributed by atoms with Crippen molar-refractivity contribution in [2.45, 2.75) is 135 Å². The van der Waals surface area contributed by atoms with E-state index < -0.39 is 0 Å². The summed E-state index contributed by atoms with van der Waals surface area (Å²) in [6.07, 6.45) is 2.14. The zero-order valence-corrected chi connectivity index (χ0v) is 33.4. The number of aryl methyl sites for hydroxylation is 3. The number of benzene rings is 4. The molecule has 4 aromatic rings. The summed E-state index contributed by atoms with van der Waals surface area (Å²) in [5, 5.41) is 0. The normalized spacial score (nSPS) is 12.6. The van der Waals surface area contributed by atoms with Gasteiger partial charge in [0, 0.05) is 5.41 Å². The smallest absolute Gasteiger partial charge is 0.0215 e. The molecule has 0 aromatic heterocycles. The molecule has 1 unspecified atom stereocenters. The Hall–Kier alpha value is -3.38. The van der Waals surface area contributed by atoms with Gasteiger partial charge in [0.15, 0.2) is 0 Å². The van der Waals surface area contributed by atoms with Gasteiger partial charge in [0.1, 0.15) is 0 Å². The van der Waals surface area contributed by atoms with Crippen LogP contribution in [0.5, 0.6) is 0 Å². The first-order valence-corrected chi connectivity index (χ1v) is 18.1. The lowest BCUT2D eigenvalue weighted by molar-refractivity contribution is 0.283. The van der Waals surface area contributed by atoms with Gasteiger partial charge >= 0.3 is 0 Å². The minimum Gasteiger partial charge on any atom is -0.0955 e. The lowest BCUT2D eigenvalue weighted by Crippen LogP contribution is -2.27. The molecule has 0 radical (unpaired) electrons. The highest BCUT2D eigenvalue weighted by Crippen LogP contribution is 2.37. The lowest BCUT2D eigenvalue weighted by Gasteiger charge is -2.32. The SMILES string of the molecule is C.C=C(C)c1ccc(C)c(C(C)(C)C)c1.CC(C)C(C)(C)C.Cc1cc(C)cc(C(C)(Cc2ccccc2)c2ccc(CC(C)C)cc2)c1. The van der Waals surface area contributed by atoms with Gasteiger partial charge < -0.3 is 0 Å². The van der Waals surface area contributed by atoms with E-state index in [-0.39, 0.29) is 18.3 Å². The first kappa shape index (κ1) is 43.6. The Labute approximate surface area is 304 Å². The molecule has 268 valence electrons. The van der Waals surface area contributed by atoms with Gasteiger partial charge in [-0.05, 0) is 102 Å². The van der Waals surface area contributed by atoms with E-state index in [1.165, 1.54) is 50.1 Å². The molecule has 4 aromatic carbocycles. The van der Waals surface area contributed by atoms with Gasteiger partial charge in [0.2, 0.25) is 0 Å². The Kier molecular flexibility index (Phi) is 16.5. The van der Waals surface area contributed by atoms with E-state index in [2.05, 4.69) is 201 Å². The molecule has 0 bridgehead atoms. The summed E-state index contributed by atoms with van der Waals surface area (Å²) in [5.74, 6) is 1.48. The quantitative estimate of drug-likeness (QED) is 0.185. The summed E-state index contributed by atoms with van der Waals surface area (Å²) in [4.78, 5) is 0. The van der Waals surface area contributed by atoms with Gasteiger partial charge in [0.05, 0.1) is 0 Å². The maximum Gasteiger partial charge on any atom is 0.0215 e. The number of allylic oxidation sites excluding steroid dienone is 1. The van der Waals surface area contributed by atoms with E-state index >= 15 is 0 Å². The molecule has 0 aliphatic carbocycles. The molecule has 0 aliphatic heterocycles. The monoisotopic (exact) mass is 661 g/mol. The van der Waals surface area contributed by atoms with Crippen LogP contribution >= 0.6 is 0 Å². The molecular formula is C49H72. The molecule has 0 fully saturated rings. The standard InChI is InChI=1S/C27H32.C14H20.C7H16.CH4/c1-20(2)15-23-11-13-25(14-12-23)27(5,19-24-9-7-6-8-10-24)26-17-21(3)16-22(4)18-26;1-10(2)12-8-7-11(3)13(9-12)14(4,5)6;1-6(2)7(3,4)5;/h6-14,16-18,20H,15,19H2,1-5H3;7-9H,1H2,2-6H3;6H,1-5H3;1H4. The fourth-order valence-corrected chi connectivity index (χ4v) is 5.84. The van der Waals surface area contributed by atoms with Crippen molar-refractivity contribution in [3.05, 3.63) is 148 Å². The van der Waals surface area contributed by atoms with Crippen LogP contribution in [0.4, 0.5) is 0 Å². The molecular weight excluding hydrogens is 589 g/mol. The van der Waals surface area contributed by atoms with E-state index in [1.54, 1.807) is 0 Å². The van der Waals surface area contributed by atoms with E-state index in [4.69, 9.17) is 0 Å². The van der Waals surface area contributed by atoms with Crippen LogP contribution in [0, 0.1) is 38.0 Å². The van der Waals surface area contributed by atoms with Crippen LogP contribution in [0.25, 0.3) is 5.57 Å². The van der Waals surface area contributed by atoms with Crippen molar-refractivity contribution >= 4 is 5.57 Å². The number of hydrogen-bond acceptors (Lipinski definition) is 0. The maximum absolute atomic E-state index is 3.98. The Morgan fingerprint density at radius 1 is 0.633 bits per heavy atom. The fourth-order valence-electron chi connectivity index (χ4n) is 5.84.